The fraction of sp³-hybridized carbons (Fsp3) is 0.294. The van der Waals surface area contributed by atoms with Crippen LogP contribution in [0.1, 0.15) is 12.1 Å². The Balaban J connectivity index is 1.43. The Morgan fingerprint density at radius 2 is 2.13 bits per heavy atom. The second-order valence-corrected chi connectivity index (χ2v) is 5.36. The van der Waals surface area contributed by atoms with E-state index in [0.717, 1.165) is 31.2 Å². The maximum Gasteiger partial charge on any atom is 0.191 e. The van der Waals surface area contributed by atoms with Gasteiger partial charge in [-0.05, 0) is 30.0 Å². The average molecular weight is 310 g/mol. The van der Waals surface area contributed by atoms with Gasteiger partial charge < -0.3 is 15.2 Å². The SMILES string of the molecule is CN=C(NCCCn1ccc2ccccc21)NCc1ccn[nH]1. The molecule has 3 N–H and O–H groups in total. The molecule has 2 aromatic heterocycles. The van der Waals surface area contributed by atoms with E-state index in [4.69, 9.17) is 0 Å². The third-order valence-corrected chi connectivity index (χ3v) is 3.78. The number of guanidine groups is 1. The molecule has 0 saturated carbocycles. The molecule has 3 aromatic rings. The van der Waals surface area contributed by atoms with Crippen molar-refractivity contribution < 1.29 is 0 Å². The normalized spacial score (nSPS) is 11.8. The van der Waals surface area contributed by atoms with Gasteiger partial charge in [0.15, 0.2) is 5.96 Å². The standard InChI is InChI=1S/C17H22N6/c1-18-17(20-13-15-7-10-21-22-15)19-9-4-11-23-12-8-14-5-2-3-6-16(14)23/h2-3,5-8,10,12H,4,9,11,13H2,1H3,(H,21,22)(H2,18,19,20). The number of benzene rings is 1. The molecule has 0 amide bonds. The Morgan fingerprint density at radius 1 is 1.22 bits per heavy atom. The third kappa shape index (κ3) is 3.91. The second-order valence-electron chi connectivity index (χ2n) is 5.36. The molecule has 0 spiro atoms. The van der Waals surface area contributed by atoms with Crippen LogP contribution in [-0.2, 0) is 13.1 Å². The zero-order chi connectivity index (χ0) is 15.9. The summed E-state index contributed by atoms with van der Waals surface area (Å²) in [7, 11) is 1.78. The molecule has 0 fully saturated rings. The molecule has 0 unspecified atom stereocenters. The first-order valence-corrected chi connectivity index (χ1v) is 7.83. The lowest BCUT2D eigenvalue weighted by molar-refractivity contribution is 0.640. The average Bonchev–Trinajstić information content (AvgIpc) is 3.24. The Morgan fingerprint density at radius 3 is 2.96 bits per heavy atom. The van der Waals surface area contributed by atoms with Crippen molar-refractivity contribution in [2.24, 2.45) is 4.99 Å². The van der Waals surface area contributed by atoms with Crippen molar-refractivity contribution in [3.05, 3.63) is 54.5 Å². The number of para-hydroxylation sites is 1. The van der Waals surface area contributed by atoms with Crippen molar-refractivity contribution in [3.63, 3.8) is 0 Å². The molecule has 1 aromatic carbocycles. The van der Waals surface area contributed by atoms with Crippen molar-refractivity contribution in [2.75, 3.05) is 13.6 Å². The van der Waals surface area contributed by atoms with Gasteiger partial charge in [0.25, 0.3) is 0 Å². The van der Waals surface area contributed by atoms with Gasteiger partial charge in [0.1, 0.15) is 0 Å². The summed E-state index contributed by atoms with van der Waals surface area (Å²) in [5.41, 5.74) is 2.32. The number of hydrogen-bond donors (Lipinski definition) is 3. The minimum Gasteiger partial charge on any atom is -0.356 e. The molecule has 2 heterocycles. The summed E-state index contributed by atoms with van der Waals surface area (Å²) in [5.74, 6) is 0.803. The van der Waals surface area contributed by atoms with Gasteiger partial charge in [-0.25, -0.2) is 0 Å². The van der Waals surface area contributed by atoms with Gasteiger partial charge in [0, 0.05) is 38.0 Å². The van der Waals surface area contributed by atoms with Gasteiger partial charge >= 0.3 is 0 Å². The molecule has 23 heavy (non-hydrogen) atoms. The lowest BCUT2D eigenvalue weighted by atomic mass is 10.2. The van der Waals surface area contributed by atoms with E-state index >= 15 is 0 Å². The molecule has 0 atom stereocenters. The van der Waals surface area contributed by atoms with Crippen molar-refractivity contribution in [1.82, 2.24) is 25.4 Å². The monoisotopic (exact) mass is 310 g/mol. The highest BCUT2D eigenvalue weighted by Crippen LogP contribution is 2.15. The quantitative estimate of drug-likeness (QED) is 0.371. The fourth-order valence-electron chi connectivity index (χ4n) is 2.57. The predicted octanol–water partition coefficient (Wildman–Crippen LogP) is 2.12. The van der Waals surface area contributed by atoms with Crippen molar-refractivity contribution in [1.29, 1.82) is 0 Å². The highest BCUT2D eigenvalue weighted by atomic mass is 15.2. The molecule has 120 valence electrons. The number of aliphatic imine (C=N–C) groups is 1. The first-order chi connectivity index (χ1) is 11.4. The van der Waals surface area contributed by atoms with E-state index in [1.165, 1.54) is 10.9 Å². The van der Waals surface area contributed by atoms with E-state index in [1.54, 1.807) is 13.2 Å². The van der Waals surface area contributed by atoms with Gasteiger partial charge in [0.05, 0.1) is 12.2 Å². The van der Waals surface area contributed by atoms with Crippen LogP contribution in [0, 0.1) is 0 Å². The summed E-state index contributed by atoms with van der Waals surface area (Å²) in [6.45, 7) is 2.54. The number of H-pyrrole nitrogens is 1. The molecule has 0 aliphatic rings. The largest absolute Gasteiger partial charge is 0.356 e. The molecule has 0 radical (unpaired) electrons. The lowest BCUT2D eigenvalue weighted by Crippen LogP contribution is -2.37. The molecule has 0 bridgehead atoms. The molecular formula is C17H22N6. The molecule has 0 saturated heterocycles. The van der Waals surface area contributed by atoms with Gasteiger partial charge in [-0.15, -0.1) is 0 Å². The van der Waals surface area contributed by atoms with Crippen LogP contribution in [-0.4, -0.2) is 34.3 Å². The summed E-state index contributed by atoms with van der Waals surface area (Å²) in [5, 5.41) is 14.7. The first-order valence-electron chi connectivity index (χ1n) is 7.83. The molecule has 3 rings (SSSR count). The van der Waals surface area contributed by atoms with Crippen LogP contribution in [0.2, 0.25) is 0 Å². The summed E-state index contributed by atoms with van der Waals surface area (Å²) in [6, 6.07) is 12.6. The number of hydrogen-bond acceptors (Lipinski definition) is 2. The van der Waals surface area contributed by atoms with E-state index in [1.807, 2.05) is 6.07 Å². The lowest BCUT2D eigenvalue weighted by Gasteiger charge is -2.11. The van der Waals surface area contributed by atoms with E-state index in [9.17, 15) is 0 Å². The zero-order valence-corrected chi connectivity index (χ0v) is 13.3. The number of nitrogens with zero attached hydrogens (tertiary/aromatic N) is 3. The molecule has 0 aliphatic heterocycles. The minimum atomic E-state index is 0.682. The van der Waals surface area contributed by atoms with E-state index in [-0.39, 0.29) is 0 Å². The summed E-state index contributed by atoms with van der Waals surface area (Å²) < 4.78 is 2.29. The van der Waals surface area contributed by atoms with Crippen LogP contribution < -0.4 is 10.6 Å². The van der Waals surface area contributed by atoms with Gasteiger partial charge in [0.2, 0.25) is 0 Å². The molecule has 0 aliphatic carbocycles. The number of fused-ring (bicyclic) bond motifs is 1. The highest BCUT2D eigenvalue weighted by Gasteiger charge is 2.01. The van der Waals surface area contributed by atoms with Crippen LogP contribution >= 0.6 is 0 Å². The van der Waals surface area contributed by atoms with Gasteiger partial charge in [-0.3, -0.25) is 10.1 Å². The van der Waals surface area contributed by atoms with Crippen molar-refractivity contribution in [3.8, 4) is 0 Å². The van der Waals surface area contributed by atoms with Crippen LogP contribution in [0.25, 0.3) is 10.9 Å². The van der Waals surface area contributed by atoms with Crippen LogP contribution in [0.3, 0.4) is 0 Å². The maximum atomic E-state index is 4.23. The van der Waals surface area contributed by atoms with Crippen LogP contribution in [0.5, 0.6) is 0 Å². The summed E-state index contributed by atoms with van der Waals surface area (Å²) >= 11 is 0. The van der Waals surface area contributed by atoms with Crippen molar-refractivity contribution >= 4 is 16.9 Å². The van der Waals surface area contributed by atoms with Gasteiger partial charge in [-0.2, -0.15) is 5.10 Å². The van der Waals surface area contributed by atoms with E-state index in [2.05, 4.69) is 66.9 Å². The van der Waals surface area contributed by atoms with Crippen molar-refractivity contribution in [2.45, 2.75) is 19.5 Å². The Bertz CT molecular complexity index is 756. The molecular weight excluding hydrogens is 288 g/mol. The highest BCUT2D eigenvalue weighted by molar-refractivity contribution is 5.80. The summed E-state index contributed by atoms with van der Waals surface area (Å²) in [4.78, 5) is 4.23. The number of aromatic nitrogens is 3. The second kappa shape index (κ2) is 7.49. The fourth-order valence-corrected chi connectivity index (χ4v) is 2.57. The number of rotatable bonds is 6. The molecule has 6 nitrogen and oxygen atoms in total. The number of aryl methyl sites for hydroxylation is 1. The van der Waals surface area contributed by atoms with Gasteiger partial charge in [-0.1, -0.05) is 18.2 Å². The third-order valence-electron chi connectivity index (χ3n) is 3.78. The van der Waals surface area contributed by atoms with E-state index < -0.39 is 0 Å². The first kappa shape index (κ1) is 15.1. The van der Waals surface area contributed by atoms with E-state index in [0.29, 0.717) is 6.54 Å². The molecule has 6 heteroatoms. The topological polar surface area (TPSA) is 70.0 Å². The Kier molecular flexibility index (Phi) is 4.93. The maximum absolute atomic E-state index is 4.23. The number of aromatic amines is 1. The Labute approximate surface area is 135 Å². The smallest absolute Gasteiger partial charge is 0.191 e. The number of nitrogens with one attached hydrogen (secondary N) is 3. The van der Waals surface area contributed by atoms with Crippen LogP contribution in [0.4, 0.5) is 0 Å². The summed E-state index contributed by atoms with van der Waals surface area (Å²) in [6.07, 6.45) is 4.92. The van der Waals surface area contributed by atoms with Crippen LogP contribution in [0.15, 0.2) is 53.8 Å². The Hall–Kier alpha value is -2.76. The zero-order valence-electron chi connectivity index (χ0n) is 13.3. The minimum absolute atomic E-state index is 0.682. The predicted molar refractivity (Wildman–Crippen MR) is 93.3 cm³/mol.